The van der Waals surface area contributed by atoms with Crippen molar-refractivity contribution in [1.82, 2.24) is 9.80 Å². The second-order valence-corrected chi connectivity index (χ2v) is 7.14. The van der Waals surface area contributed by atoms with Gasteiger partial charge in [-0.25, -0.2) is 0 Å². The van der Waals surface area contributed by atoms with Gasteiger partial charge in [0.1, 0.15) is 0 Å². The van der Waals surface area contributed by atoms with E-state index in [9.17, 15) is 4.79 Å². The number of likely N-dealkylation sites (tertiary alicyclic amines) is 1. The van der Waals surface area contributed by atoms with Crippen LogP contribution in [-0.4, -0.2) is 55.5 Å². The number of hydrogen-bond donors (Lipinski definition) is 1. The molecule has 1 aliphatic heterocycles. The highest BCUT2D eigenvalue weighted by molar-refractivity contribution is 5.83. The lowest BCUT2D eigenvalue weighted by Gasteiger charge is -2.43. The van der Waals surface area contributed by atoms with Gasteiger partial charge in [-0.15, -0.1) is 0 Å². The van der Waals surface area contributed by atoms with E-state index in [4.69, 9.17) is 5.73 Å². The average molecular weight is 281 g/mol. The highest BCUT2D eigenvalue weighted by Gasteiger charge is 2.43. The van der Waals surface area contributed by atoms with Crippen LogP contribution in [0.2, 0.25) is 0 Å². The van der Waals surface area contributed by atoms with Gasteiger partial charge in [0.25, 0.3) is 0 Å². The minimum Gasteiger partial charge on any atom is -0.341 e. The number of nitrogens with zero attached hydrogens (tertiary/aromatic N) is 2. The van der Waals surface area contributed by atoms with Crippen LogP contribution in [0.3, 0.4) is 0 Å². The minimum absolute atomic E-state index is 0.280. The molecule has 1 unspecified atom stereocenters. The van der Waals surface area contributed by atoms with Gasteiger partial charge in [-0.1, -0.05) is 6.92 Å². The topological polar surface area (TPSA) is 49.6 Å². The fourth-order valence-electron chi connectivity index (χ4n) is 3.82. The van der Waals surface area contributed by atoms with Crippen molar-refractivity contribution in [3.8, 4) is 0 Å². The Kier molecular flexibility index (Phi) is 5.08. The molecular formula is C16H31N3O. The van der Waals surface area contributed by atoms with Gasteiger partial charge in [-0.3, -0.25) is 4.79 Å². The summed E-state index contributed by atoms with van der Waals surface area (Å²) < 4.78 is 0. The predicted octanol–water partition coefficient (Wildman–Crippen LogP) is 1.69. The Morgan fingerprint density at radius 2 is 2.00 bits per heavy atom. The molecule has 20 heavy (non-hydrogen) atoms. The van der Waals surface area contributed by atoms with E-state index in [0.717, 1.165) is 51.1 Å². The molecule has 2 aliphatic rings. The van der Waals surface area contributed by atoms with Gasteiger partial charge < -0.3 is 15.5 Å². The van der Waals surface area contributed by atoms with Crippen LogP contribution in [0.1, 0.15) is 45.4 Å². The summed E-state index contributed by atoms with van der Waals surface area (Å²) in [6, 6.07) is 0.365. The van der Waals surface area contributed by atoms with Crippen LogP contribution in [0.25, 0.3) is 0 Å². The van der Waals surface area contributed by atoms with Crippen molar-refractivity contribution in [2.24, 2.45) is 17.1 Å². The quantitative estimate of drug-likeness (QED) is 0.856. The molecular weight excluding hydrogens is 250 g/mol. The van der Waals surface area contributed by atoms with Gasteiger partial charge in [-0.05, 0) is 58.0 Å². The summed E-state index contributed by atoms with van der Waals surface area (Å²) in [6.45, 7) is 4.94. The maximum absolute atomic E-state index is 13.0. The first kappa shape index (κ1) is 15.8. The smallest absolute Gasteiger partial charge is 0.230 e. The number of nitrogens with two attached hydrogens (primary N) is 1. The SMILES string of the molecule is CC1CCC(CN)(C(=O)N(C)C2CCCN(C)C2)CC1. The van der Waals surface area contributed by atoms with E-state index in [0.29, 0.717) is 18.5 Å². The van der Waals surface area contributed by atoms with Crippen LogP contribution in [0.4, 0.5) is 0 Å². The highest BCUT2D eigenvalue weighted by atomic mass is 16.2. The largest absolute Gasteiger partial charge is 0.341 e. The van der Waals surface area contributed by atoms with Crippen LogP contribution in [0.15, 0.2) is 0 Å². The number of carbonyl (C=O) groups excluding carboxylic acids is 1. The first-order chi connectivity index (χ1) is 9.48. The standard InChI is InChI=1S/C16H31N3O/c1-13-6-8-16(12-17,9-7-13)15(20)19(3)14-5-4-10-18(2)11-14/h13-14H,4-12,17H2,1-3H3. The van der Waals surface area contributed by atoms with E-state index in [1.807, 2.05) is 11.9 Å². The monoisotopic (exact) mass is 281 g/mol. The molecule has 0 bridgehead atoms. The Balaban J connectivity index is 2.04. The van der Waals surface area contributed by atoms with E-state index in [2.05, 4.69) is 18.9 Å². The first-order valence-electron chi connectivity index (χ1n) is 8.14. The van der Waals surface area contributed by atoms with E-state index in [1.165, 1.54) is 6.42 Å². The van der Waals surface area contributed by atoms with Crippen molar-refractivity contribution in [2.45, 2.75) is 51.5 Å². The predicted molar refractivity (Wildman–Crippen MR) is 82.4 cm³/mol. The molecule has 0 aromatic carbocycles. The lowest BCUT2D eigenvalue weighted by atomic mass is 9.70. The molecule has 0 spiro atoms. The molecule has 4 nitrogen and oxygen atoms in total. The number of hydrogen-bond acceptors (Lipinski definition) is 3. The molecule has 1 saturated carbocycles. The Labute approximate surface area is 123 Å². The van der Waals surface area contributed by atoms with Gasteiger partial charge in [0, 0.05) is 26.2 Å². The zero-order valence-electron chi connectivity index (χ0n) is 13.4. The number of carbonyl (C=O) groups is 1. The summed E-state index contributed by atoms with van der Waals surface area (Å²) in [4.78, 5) is 17.3. The van der Waals surface area contributed by atoms with E-state index in [-0.39, 0.29) is 5.41 Å². The first-order valence-corrected chi connectivity index (χ1v) is 8.14. The third-order valence-electron chi connectivity index (χ3n) is 5.54. The zero-order valence-corrected chi connectivity index (χ0v) is 13.4. The Bertz CT molecular complexity index is 337. The molecule has 0 radical (unpaired) electrons. The van der Waals surface area contributed by atoms with Crippen molar-refractivity contribution in [1.29, 1.82) is 0 Å². The fourth-order valence-corrected chi connectivity index (χ4v) is 3.82. The Morgan fingerprint density at radius 3 is 2.55 bits per heavy atom. The normalized spacial score (nSPS) is 35.8. The molecule has 1 aliphatic carbocycles. The highest BCUT2D eigenvalue weighted by Crippen LogP contribution is 2.40. The molecule has 1 atom stereocenters. The third kappa shape index (κ3) is 3.17. The average Bonchev–Trinajstić information content (AvgIpc) is 2.47. The van der Waals surface area contributed by atoms with Gasteiger partial charge >= 0.3 is 0 Å². The number of rotatable bonds is 3. The van der Waals surface area contributed by atoms with Gasteiger partial charge in [-0.2, -0.15) is 0 Å². The molecule has 116 valence electrons. The van der Waals surface area contributed by atoms with E-state index < -0.39 is 0 Å². The molecule has 1 heterocycles. The van der Waals surface area contributed by atoms with Crippen LogP contribution < -0.4 is 5.73 Å². The summed E-state index contributed by atoms with van der Waals surface area (Å²) in [5, 5.41) is 0. The molecule has 2 fully saturated rings. The molecule has 2 N–H and O–H groups in total. The molecule has 0 aromatic heterocycles. The van der Waals surface area contributed by atoms with Gasteiger partial charge in [0.15, 0.2) is 0 Å². The van der Waals surface area contributed by atoms with Crippen LogP contribution in [0.5, 0.6) is 0 Å². The van der Waals surface area contributed by atoms with Crippen LogP contribution in [-0.2, 0) is 4.79 Å². The minimum atomic E-state index is -0.280. The lowest BCUT2D eigenvalue weighted by Crippen LogP contribution is -2.54. The maximum Gasteiger partial charge on any atom is 0.230 e. The Hall–Kier alpha value is -0.610. The number of likely N-dealkylation sites (N-methyl/N-ethyl adjacent to an activating group) is 2. The summed E-state index contributed by atoms with van der Waals surface area (Å²) in [5.74, 6) is 1.04. The molecule has 1 saturated heterocycles. The summed E-state index contributed by atoms with van der Waals surface area (Å²) in [5.41, 5.74) is 5.74. The molecule has 2 rings (SSSR count). The second kappa shape index (κ2) is 6.44. The van der Waals surface area contributed by atoms with Crippen molar-refractivity contribution < 1.29 is 4.79 Å². The Morgan fingerprint density at radius 1 is 1.35 bits per heavy atom. The van der Waals surface area contributed by atoms with Gasteiger partial charge in [0.2, 0.25) is 5.91 Å². The fraction of sp³-hybridized carbons (Fsp3) is 0.938. The van der Waals surface area contributed by atoms with Crippen molar-refractivity contribution in [3.63, 3.8) is 0 Å². The van der Waals surface area contributed by atoms with E-state index >= 15 is 0 Å². The number of piperidine rings is 1. The second-order valence-electron chi connectivity index (χ2n) is 7.14. The summed E-state index contributed by atoms with van der Waals surface area (Å²) in [7, 11) is 4.13. The molecule has 1 amide bonds. The summed E-state index contributed by atoms with van der Waals surface area (Å²) in [6.07, 6.45) is 6.53. The lowest BCUT2D eigenvalue weighted by molar-refractivity contribution is -0.146. The van der Waals surface area contributed by atoms with Crippen molar-refractivity contribution >= 4 is 5.91 Å². The van der Waals surface area contributed by atoms with Crippen LogP contribution >= 0.6 is 0 Å². The van der Waals surface area contributed by atoms with Crippen molar-refractivity contribution in [3.05, 3.63) is 0 Å². The summed E-state index contributed by atoms with van der Waals surface area (Å²) >= 11 is 0. The molecule has 4 heteroatoms. The van der Waals surface area contributed by atoms with E-state index in [1.54, 1.807) is 0 Å². The number of amides is 1. The van der Waals surface area contributed by atoms with Crippen molar-refractivity contribution in [2.75, 3.05) is 33.7 Å². The third-order valence-corrected chi connectivity index (χ3v) is 5.54. The van der Waals surface area contributed by atoms with Gasteiger partial charge in [0.05, 0.1) is 5.41 Å². The van der Waals surface area contributed by atoms with Crippen LogP contribution in [0, 0.1) is 11.3 Å². The zero-order chi connectivity index (χ0) is 14.8. The molecule has 0 aromatic rings. The maximum atomic E-state index is 13.0.